The quantitative estimate of drug-likeness (QED) is 0.149. The molecule has 282 valence electrons. The third-order valence-electron chi connectivity index (χ3n) is 8.28. The van der Waals surface area contributed by atoms with Gasteiger partial charge in [0.15, 0.2) is 0 Å². The molecule has 49 heavy (non-hydrogen) atoms. The van der Waals surface area contributed by atoms with Crippen LogP contribution in [0.15, 0.2) is 60.7 Å². The Morgan fingerprint density at radius 1 is 0.612 bits per heavy atom. The zero-order valence-corrected chi connectivity index (χ0v) is 32.8. The molecule has 0 aromatic heterocycles. The van der Waals surface area contributed by atoms with Crippen LogP contribution < -0.4 is 0 Å². The monoisotopic (exact) mass is 691 g/mol. The van der Waals surface area contributed by atoms with E-state index < -0.39 is 0 Å². The van der Waals surface area contributed by atoms with Gasteiger partial charge in [0.2, 0.25) is 0 Å². The summed E-state index contributed by atoms with van der Waals surface area (Å²) < 4.78 is 13.9. The first-order valence-corrected chi connectivity index (χ1v) is 17.9. The summed E-state index contributed by atoms with van der Waals surface area (Å²) in [6.07, 6.45) is 4.84. The van der Waals surface area contributed by atoms with E-state index in [0.29, 0.717) is 11.8 Å². The second kappa shape index (κ2) is 32.0. The van der Waals surface area contributed by atoms with Crippen molar-refractivity contribution in [3.05, 3.63) is 71.8 Å². The SMILES string of the molecule is CCC(C)(C)C(=O)OC.CCC(C)C(=O)OCCO.CCC(C)C(=O)OCCO.CCC(C)c1ccccc1.CCC(C)c1ccccc1. The van der Waals surface area contributed by atoms with Crippen molar-refractivity contribution in [1.29, 1.82) is 0 Å². The molecule has 0 spiro atoms. The number of rotatable bonds is 14. The summed E-state index contributed by atoms with van der Waals surface area (Å²) in [5.41, 5.74) is 2.59. The van der Waals surface area contributed by atoms with E-state index in [0.717, 1.165) is 19.3 Å². The Balaban J connectivity index is -0.000000540. The van der Waals surface area contributed by atoms with Gasteiger partial charge in [-0.1, -0.05) is 123 Å². The van der Waals surface area contributed by atoms with Gasteiger partial charge in [0, 0.05) is 0 Å². The molecule has 0 radical (unpaired) electrons. The number of hydrogen-bond donors (Lipinski definition) is 2. The van der Waals surface area contributed by atoms with E-state index in [9.17, 15) is 14.4 Å². The largest absolute Gasteiger partial charge is 0.469 e. The van der Waals surface area contributed by atoms with E-state index >= 15 is 0 Å². The Morgan fingerprint density at radius 2 is 0.939 bits per heavy atom. The maximum atomic E-state index is 10.8. The third-order valence-corrected chi connectivity index (χ3v) is 8.28. The van der Waals surface area contributed by atoms with Crippen molar-refractivity contribution in [2.24, 2.45) is 17.3 Å². The van der Waals surface area contributed by atoms with Crippen molar-refractivity contribution < 1.29 is 38.8 Å². The van der Waals surface area contributed by atoms with Gasteiger partial charge >= 0.3 is 17.9 Å². The molecule has 4 unspecified atom stereocenters. The fourth-order valence-corrected chi connectivity index (χ4v) is 3.37. The minimum absolute atomic E-state index is 0.0495. The van der Waals surface area contributed by atoms with Gasteiger partial charge < -0.3 is 24.4 Å². The molecule has 0 aliphatic rings. The van der Waals surface area contributed by atoms with Crippen LogP contribution >= 0.6 is 0 Å². The molecule has 8 heteroatoms. The second-order valence-corrected chi connectivity index (χ2v) is 12.6. The number of aliphatic hydroxyl groups excluding tert-OH is 2. The van der Waals surface area contributed by atoms with E-state index in [1.807, 2.05) is 34.6 Å². The molecule has 0 fully saturated rings. The Labute approximate surface area is 299 Å². The van der Waals surface area contributed by atoms with Gasteiger partial charge in [0.25, 0.3) is 0 Å². The predicted octanol–water partition coefficient (Wildman–Crippen LogP) is 9.13. The molecule has 0 bridgehead atoms. The van der Waals surface area contributed by atoms with Gasteiger partial charge in [-0.15, -0.1) is 0 Å². The lowest BCUT2D eigenvalue weighted by atomic mass is 9.91. The molecule has 8 nitrogen and oxygen atoms in total. The lowest BCUT2D eigenvalue weighted by Crippen LogP contribution is -2.24. The molecule has 0 saturated heterocycles. The van der Waals surface area contributed by atoms with Crippen LogP contribution in [0.3, 0.4) is 0 Å². The fourth-order valence-electron chi connectivity index (χ4n) is 3.37. The van der Waals surface area contributed by atoms with Crippen molar-refractivity contribution in [3.63, 3.8) is 0 Å². The summed E-state index contributed by atoms with van der Waals surface area (Å²) in [5, 5.41) is 16.6. The van der Waals surface area contributed by atoms with Crippen molar-refractivity contribution in [1.82, 2.24) is 0 Å². The molecule has 2 rings (SSSR count). The van der Waals surface area contributed by atoms with Crippen molar-refractivity contribution in [2.75, 3.05) is 33.5 Å². The molecular weight excluding hydrogens is 620 g/mol. The smallest absolute Gasteiger partial charge is 0.311 e. The van der Waals surface area contributed by atoms with E-state index in [-0.39, 0.29) is 61.6 Å². The molecule has 0 amide bonds. The highest BCUT2D eigenvalue weighted by Gasteiger charge is 2.25. The summed E-state index contributed by atoms with van der Waals surface area (Å²) in [5.74, 6) is 0.735. The summed E-state index contributed by atoms with van der Waals surface area (Å²) in [6.45, 7) is 22.2. The Morgan fingerprint density at radius 3 is 1.14 bits per heavy atom. The molecule has 2 N–H and O–H groups in total. The van der Waals surface area contributed by atoms with Crippen LogP contribution in [0.5, 0.6) is 0 Å². The number of esters is 3. The molecule has 4 atom stereocenters. The first kappa shape index (κ1) is 50.2. The van der Waals surface area contributed by atoms with Crippen LogP contribution in [0.2, 0.25) is 0 Å². The van der Waals surface area contributed by atoms with Crippen LogP contribution in [-0.2, 0) is 28.6 Å². The zero-order valence-electron chi connectivity index (χ0n) is 32.8. The first-order chi connectivity index (χ1) is 23.2. The van der Waals surface area contributed by atoms with Gasteiger partial charge in [-0.2, -0.15) is 0 Å². The number of methoxy groups -OCH3 is 1. The molecule has 0 heterocycles. The third kappa shape index (κ3) is 26.3. The van der Waals surface area contributed by atoms with Crippen molar-refractivity contribution in [3.8, 4) is 0 Å². The van der Waals surface area contributed by atoms with E-state index in [4.69, 9.17) is 10.2 Å². The minimum atomic E-state index is -0.311. The van der Waals surface area contributed by atoms with Crippen molar-refractivity contribution >= 4 is 17.9 Å². The highest BCUT2D eigenvalue weighted by molar-refractivity contribution is 5.75. The molecule has 0 saturated carbocycles. The number of ether oxygens (including phenoxy) is 3. The lowest BCUT2D eigenvalue weighted by Gasteiger charge is -2.17. The summed E-state index contributed by atoms with van der Waals surface area (Å²) in [4.78, 5) is 32.4. The molecule has 2 aromatic rings. The molecular formula is C41H70O8. The number of hydrogen-bond acceptors (Lipinski definition) is 8. The number of benzene rings is 2. The lowest BCUT2D eigenvalue weighted by molar-refractivity contribution is -0.151. The van der Waals surface area contributed by atoms with Gasteiger partial charge in [0.1, 0.15) is 13.2 Å². The van der Waals surface area contributed by atoms with Crippen LogP contribution in [0.1, 0.15) is 131 Å². The van der Waals surface area contributed by atoms with Crippen molar-refractivity contribution in [2.45, 2.75) is 120 Å². The Bertz CT molecular complexity index is 984. The second-order valence-electron chi connectivity index (χ2n) is 12.6. The zero-order chi connectivity index (χ0) is 38.3. The average Bonchev–Trinajstić information content (AvgIpc) is 3.15. The Kier molecular flexibility index (Phi) is 32.8. The maximum absolute atomic E-state index is 10.8. The molecule has 2 aromatic carbocycles. The maximum Gasteiger partial charge on any atom is 0.311 e. The normalized spacial score (nSPS) is 12.5. The molecule has 0 aliphatic heterocycles. The predicted molar refractivity (Wildman–Crippen MR) is 201 cm³/mol. The fraction of sp³-hybridized carbons (Fsp3) is 0.634. The standard InChI is InChI=1S/2C10H14.2C7H14O3.C7H14O2/c2*1-3-9(2)10-7-5-4-6-8-10;2*1-3-6(2)7(9)10-5-4-8;1-5-7(2,3)6(8)9-4/h2*4-9H,3H2,1-2H3;2*6,8H,3-5H2,1-2H3;5H2,1-4H3. The first-order valence-electron chi connectivity index (χ1n) is 17.9. The van der Waals surface area contributed by atoms with Gasteiger partial charge in [-0.3, -0.25) is 14.4 Å². The number of carbonyl (C=O) groups is 3. The highest BCUT2D eigenvalue weighted by atomic mass is 16.5. The summed E-state index contributed by atoms with van der Waals surface area (Å²) >= 11 is 0. The summed E-state index contributed by atoms with van der Waals surface area (Å²) in [6, 6.07) is 21.3. The van der Waals surface area contributed by atoms with Crippen LogP contribution in [0.25, 0.3) is 0 Å². The minimum Gasteiger partial charge on any atom is -0.469 e. The van der Waals surface area contributed by atoms with Gasteiger partial charge in [0.05, 0.1) is 37.6 Å². The average molecular weight is 691 g/mol. The number of aliphatic hydroxyl groups is 2. The van der Waals surface area contributed by atoms with Crippen LogP contribution in [0.4, 0.5) is 0 Å². The van der Waals surface area contributed by atoms with E-state index in [1.165, 1.54) is 31.1 Å². The Hall–Kier alpha value is -3.23. The van der Waals surface area contributed by atoms with Gasteiger partial charge in [-0.05, 0) is 68.9 Å². The van der Waals surface area contributed by atoms with Crippen LogP contribution in [-0.4, -0.2) is 61.7 Å². The molecule has 0 aliphatic carbocycles. The van der Waals surface area contributed by atoms with E-state index in [2.05, 4.69) is 103 Å². The highest BCUT2D eigenvalue weighted by Crippen LogP contribution is 2.20. The van der Waals surface area contributed by atoms with Crippen LogP contribution in [0, 0.1) is 17.3 Å². The number of carbonyl (C=O) groups excluding carboxylic acids is 3. The van der Waals surface area contributed by atoms with Gasteiger partial charge in [-0.25, -0.2) is 0 Å². The summed E-state index contributed by atoms with van der Waals surface area (Å²) in [7, 11) is 1.42. The van der Waals surface area contributed by atoms with E-state index in [1.54, 1.807) is 13.8 Å². The topological polar surface area (TPSA) is 119 Å².